The lowest BCUT2D eigenvalue weighted by Gasteiger charge is -2.27. The summed E-state index contributed by atoms with van der Waals surface area (Å²) in [5, 5.41) is 34.4. The molecule has 0 radical (unpaired) electrons. The number of carbonyl (C=O) groups excluding carboxylic acids is 4. The number of hydrogen-bond donors (Lipinski definition) is 6. The highest BCUT2D eigenvalue weighted by molar-refractivity contribution is 5.93. The molecular formula is C20H33N3O9. The van der Waals surface area contributed by atoms with Gasteiger partial charge in [-0.15, -0.1) is 0 Å². The van der Waals surface area contributed by atoms with Crippen molar-refractivity contribution in [1.29, 1.82) is 0 Å². The Balaban J connectivity index is 5.38. The second-order valence-electron chi connectivity index (χ2n) is 7.94. The number of nitrogens with one attached hydrogen (secondary N) is 3. The molecule has 6 N–H and O–H groups in total. The van der Waals surface area contributed by atoms with Crippen LogP contribution in [0.2, 0.25) is 0 Å². The minimum atomic E-state index is -1.28. The van der Waals surface area contributed by atoms with Crippen LogP contribution in [-0.4, -0.2) is 75.5 Å². The van der Waals surface area contributed by atoms with Crippen molar-refractivity contribution in [3.05, 3.63) is 0 Å². The number of hydrogen-bond acceptors (Lipinski definition) is 7. The molecule has 0 saturated heterocycles. The molecule has 0 fully saturated rings. The Bertz CT molecular complexity index is 694. The van der Waals surface area contributed by atoms with Crippen LogP contribution < -0.4 is 16.0 Å². The monoisotopic (exact) mass is 459 g/mol. The van der Waals surface area contributed by atoms with Gasteiger partial charge in [0.15, 0.2) is 0 Å². The lowest BCUT2D eigenvalue weighted by molar-refractivity contribution is -0.139. The zero-order chi connectivity index (χ0) is 25.0. The summed E-state index contributed by atoms with van der Waals surface area (Å²) in [7, 11) is 0. The quantitative estimate of drug-likeness (QED) is 0.167. The second kappa shape index (κ2) is 14.1. The number of carboxylic acid groups (broad SMARTS) is 2. The number of aldehydes is 1. The minimum Gasteiger partial charge on any atom is -0.481 e. The number of aliphatic hydroxyl groups excluding tert-OH is 1. The summed E-state index contributed by atoms with van der Waals surface area (Å²) in [6.45, 7) is 6.08. The summed E-state index contributed by atoms with van der Waals surface area (Å²) in [6.07, 6.45) is -1.75. The molecular weight excluding hydrogens is 426 g/mol. The fourth-order valence-electron chi connectivity index (χ4n) is 2.57. The van der Waals surface area contributed by atoms with Gasteiger partial charge in [0, 0.05) is 12.8 Å². The maximum absolute atomic E-state index is 12.8. The summed E-state index contributed by atoms with van der Waals surface area (Å²) in [6, 6.07) is -3.47. The Hall–Kier alpha value is -3.02. The van der Waals surface area contributed by atoms with Gasteiger partial charge in [-0.2, -0.15) is 0 Å². The Morgan fingerprint density at radius 3 is 1.75 bits per heavy atom. The molecule has 5 atom stereocenters. The predicted octanol–water partition coefficient (Wildman–Crippen LogP) is -0.958. The molecule has 0 aromatic carbocycles. The lowest BCUT2D eigenvalue weighted by atomic mass is 10.0. The van der Waals surface area contributed by atoms with Crippen molar-refractivity contribution in [2.45, 2.75) is 77.6 Å². The normalized spacial score (nSPS) is 15.6. The van der Waals surface area contributed by atoms with Crippen LogP contribution in [0.4, 0.5) is 0 Å². The summed E-state index contributed by atoms with van der Waals surface area (Å²) < 4.78 is 0. The number of aliphatic hydroxyl groups is 1. The Labute approximate surface area is 186 Å². The molecule has 182 valence electrons. The third kappa shape index (κ3) is 10.8. The van der Waals surface area contributed by atoms with E-state index in [1.807, 2.05) is 0 Å². The van der Waals surface area contributed by atoms with E-state index in [0.29, 0.717) is 6.29 Å². The molecule has 0 bridgehead atoms. The van der Waals surface area contributed by atoms with E-state index in [1.54, 1.807) is 13.8 Å². The van der Waals surface area contributed by atoms with Gasteiger partial charge in [-0.3, -0.25) is 24.0 Å². The first kappa shape index (κ1) is 29.0. The van der Waals surface area contributed by atoms with E-state index in [0.717, 1.165) is 0 Å². The zero-order valence-corrected chi connectivity index (χ0v) is 18.7. The Kier molecular flexibility index (Phi) is 12.8. The molecule has 0 aliphatic carbocycles. The number of aliphatic carboxylic acids is 2. The Morgan fingerprint density at radius 1 is 0.781 bits per heavy atom. The van der Waals surface area contributed by atoms with E-state index < -0.39 is 72.1 Å². The van der Waals surface area contributed by atoms with Gasteiger partial charge in [0.05, 0.1) is 18.1 Å². The summed E-state index contributed by atoms with van der Waals surface area (Å²) >= 11 is 0. The molecule has 0 heterocycles. The number of carbonyl (C=O) groups is 6. The highest BCUT2D eigenvalue weighted by Gasteiger charge is 2.31. The molecule has 12 heteroatoms. The minimum absolute atomic E-state index is 0.127. The van der Waals surface area contributed by atoms with Gasteiger partial charge in [-0.1, -0.05) is 20.8 Å². The van der Waals surface area contributed by atoms with Gasteiger partial charge in [-0.05, 0) is 25.7 Å². The largest absolute Gasteiger partial charge is 0.481 e. The SMILES string of the molecule is CC(C)C(NC(=O)C(CCC(=O)O)NC(=O)C(C)C(C)O)C(=O)NC(C=O)CCC(=O)O. The standard InChI is InChI=1S/C20H33N3O9/c1-10(2)17(20(32)21-13(9-24)5-7-15(26)27)23-19(31)14(6-8-16(28)29)22-18(30)11(3)12(4)25/h9-14,17,25H,5-8H2,1-4H3,(H,21,32)(H,22,30)(H,23,31)(H,26,27)(H,28,29). The topological polar surface area (TPSA) is 199 Å². The number of rotatable bonds is 15. The van der Waals surface area contributed by atoms with Crippen LogP contribution in [0.15, 0.2) is 0 Å². The Morgan fingerprint density at radius 2 is 1.31 bits per heavy atom. The van der Waals surface area contributed by atoms with Crippen molar-refractivity contribution in [2.75, 3.05) is 0 Å². The molecule has 0 aliphatic heterocycles. The molecule has 3 amide bonds. The van der Waals surface area contributed by atoms with Crippen LogP contribution >= 0.6 is 0 Å². The van der Waals surface area contributed by atoms with Gasteiger partial charge in [0.1, 0.15) is 18.4 Å². The van der Waals surface area contributed by atoms with Gasteiger partial charge in [0.2, 0.25) is 17.7 Å². The van der Waals surface area contributed by atoms with E-state index in [-0.39, 0.29) is 19.3 Å². The van der Waals surface area contributed by atoms with Crippen molar-refractivity contribution in [2.24, 2.45) is 11.8 Å². The van der Waals surface area contributed by atoms with E-state index in [9.17, 15) is 33.9 Å². The van der Waals surface area contributed by atoms with Crippen LogP contribution in [0.3, 0.4) is 0 Å². The molecule has 5 unspecified atom stereocenters. The van der Waals surface area contributed by atoms with Crippen molar-refractivity contribution < 1.29 is 44.1 Å². The molecule has 32 heavy (non-hydrogen) atoms. The highest BCUT2D eigenvalue weighted by atomic mass is 16.4. The van der Waals surface area contributed by atoms with Crippen LogP contribution in [0.1, 0.15) is 53.4 Å². The zero-order valence-electron chi connectivity index (χ0n) is 18.7. The van der Waals surface area contributed by atoms with Gasteiger partial charge in [-0.25, -0.2) is 0 Å². The molecule has 0 aliphatic rings. The molecule has 0 spiro atoms. The number of amides is 3. The van der Waals surface area contributed by atoms with E-state index >= 15 is 0 Å². The van der Waals surface area contributed by atoms with Crippen molar-refractivity contribution in [1.82, 2.24) is 16.0 Å². The first-order valence-corrected chi connectivity index (χ1v) is 10.3. The second-order valence-corrected chi connectivity index (χ2v) is 7.94. The van der Waals surface area contributed by atoms with Crippen molar-refractivity contribution >= 4 is 35.9 Å². The predicted molar refractivity (Wildman–Crippen MR) is 111 cm³/mol. The van der Waals surface area contributed by atoms with Crippen LogP contribution in [-0.2, 0) is 28.8 Å². The van der Waals surface area contributed by atoms with Crippen LogP contribution in [0.25, 0.3) is 0 Å². The molecule has 0 aromatic heterocycles. The first-order chi connectivity index (χ1) is 14.8. The third-order valence-electron chi connectivity index (χ3n) is 4.83. The van der Waals surface area contributed by atoms with Crippen LogP contribution in [0, 0.1) is 11.8 Å². The van der Waals surface area contributed by atoms with Crippen molar-refractivity contribution in [3.8, 4) is 0 Å². The molecule has 12 nitrogen and oxygen atoms in total. The van der Waals surface area contributed by atoms with E-state index in [2.05, 4.69) is 16.0 Å². The molecule has 0 rings (SSSR count). The molecule has 0 aromatic rings. The summed E-state index contributed by atoms with van der Waals surface area (Å²) in [5.74, 6) is -5.82. The average Bonchev–Trinajstić information content (AvgIpc) is 2.70. The fraction of sp³-hybridized carbons (Fsp3) is 0.700. The van der Waals surface area contributed by atoms with Crippen molar-refractivity contribution in [3.63, 3.8) is 0 Å². The molecule has 0 saturated carbocycles. The van der Waals surface area contributed by atoms with E-state index in [4.69, 9.17) is 10.2 Å². The lowest BCUT2D eigenvalue weighted by Crippen LogP contribution is -2.57. The maximum atomic E-state index is 12.8. The van der Waals surface area contributed by atoms with Crippen LogP contribution in [0.5, 0.6) is 0 Å². The van der Waals surface area contributed by atoms with Gasteiger partial charge >= 0.3 is 11.9 Å². The number of carboxylic acids is 2. The summed E-state index contributed by atoms with van der Waals surface area (Å²) in [5.41, 5.74) is 0. The maximum Gasteiger partial charge on any atom is 0.303 e. The van der Waals surface area contributed by atoms with Gasteiger partial charge < -0.3 is 36.1 Å². The van der Waals surface area contributed by atoms with E-state index in [1.165, 1.54) is 13.8 Å². The highest BCUT2D eigenvalue weighted by Crippen LogP contribution is 2.08. The van der Waals surface area contributed by atoms with Gasteiger partial charge in [0.25, 0.3) is 0 Å². The average molecular weight is 459 g/mol. The third-order valence-corrected chi connectivity index (χ3v) is 4.83. The first-order valence-electron chi connectivity index (χ1n) is 10.3. The smallest absolute Gasteiger partial charge is 0.303 e. The summed E-state index contributed by atoms with van der Waals surface area (Å²) in [4.78, 5) is 70.4. The fourth-order valence-corrected chi connectivity index (χ4v) is 2.57.